The molecule has 0 amide bonds. The summed E-state index contributed by atoms with van der Waals surface area (Å²) < 4.78 is 25.7. The lowest BCUT2D eigenvalue weighted by Crippen LogP contribution is -2.64. The first-order valence-electron chi connectivity index (χ1n) is 17.6. The fourth-order valence-electron chi connectivity index (χ4n) is 14.1. The zero-order chi connectivity index (χ0) is 32.5. The van der Waals surface area contributed by atoms with E-state index in [1.165, 1.54) is 0 Å². The van der Waals surface area contributed by atoms with Crippen LogP contribution in [-0.4, -0.2) is 104 Å². The van der Waals surface area contributed by atoms with E-state index >= 15 is 0 Å². The molecule has 8 rings (SSSR count). The van der Waals surface area contributed by atoms with Crippen molar-refractivity contribution in [1.82, 2.24) is 0 Å². The standard InChI is InChI=1S/C35H56O10/c1-16-12-17-26(30(4,5)41)45-35(44-17)25(16)32(7)21(37)13-34-15-33(34)11-10-22(43-27-24(39)23(38)18(14-36)42-27)29(2,3)19(33)8-9-20(34)31(32,6)28(35)40/h16-28,36-41H,8-15H2,1-7H3. The Kier molecular flexibility index (Phi) is 6.53. The summed E-state index contributed by atoms with van der Waals surface area (Å²) in [5, 5.41) is 66.7. The Morgan fingerprint density at radius 3 is 2.22 bits per heavy atom. The van der Waals surface area contributed by atoms with Crippen LogP contribution < -0.4 is 0 Å². The molecule has 3 saturated heterocycles. The Morgan fingerprint density at radius 2 is 1.58 bits per heavy atom. The molecule has 10 nitrogen and oxygen atoms in total. The van der Waals surface area contributed by atoms with Crippen LogP contribution in [0.2, 0.25) is 0 Å². The minimum Gasteiger partial charge on any atom is -0.394 e. The van der Waals surface area contributed by atoms with E-state index in [2.05, 4.69) is 34.6 Å². The summed E-state index contributed by atoms with van der Waals surface area (Å²) in [7, 11) is 0. The highest BCUT2D eigenvalue weighted by Crippen LogP contribution is 2.90. The van der Waals surface area contributed by atoms with Gasteiger partial charge in [-0.05, 0) is 92.8 Å². The maximum atomic E-state index is 12.7. The van der Waals surface area contributed by atoms with Gasteiger partial charge in [0.15, 0.2) is 12.1 Å². The summed E-state index contributed by atoms with van der Waals surface area (Å²) in [4.78, 5) is 0. The van der Waals surface area contributed by atoms with Crippen LogP contribution >= 0.6 is 0 Å². The minimum absolute atomic E-state index is 0.0131. The van der Waals surface area contributed by atoms with Gasteiger partial charge in [0, 0.05) is 16.7 Å². The summed E-state index contributed by atoms with van der Waals surface area (Å²) in [5.74, 6) is -0.819. The van der Waals surface area contributed by atoms with Crippen molar-refractivity contribution >= 4 is 0 Å². The Balaban J connectivity index is 1.12. The molecule has 6 N–H and O–H groups in total. The van der Waals surface area contributed by atoms with E-state index in [1.54, 1.807) is 13.8 Å². The van der Waals surface area contributed by atoms with Crippen LogP contribution in [0, 0.1) is 50.7 Å². The van der Waals surface area contributed by atoms with Gasteiger partial charge < -0.3 is 49.6 Å². The molecule has 3 aliphatic heterocycles. The number of aliphatic hydroxyl groups is 6. The van der Waals surface area contributed by atoms with E-state index in [1.807, 2.05) is 0 Å². The molecule has 5 saturated carbocycles. The highest BCUT2D eigenvalue weighted by molar-refractivity contribution is 5.36. The number of ether oxygens (including phenoxy) is 4. The predicted molar refractivity (Wildman–Crippen MR) is 160 cm³/mol. The molecule has 2 bridgehead atoms. The predicted octanol–water partition coefficient (Wildman–Crippen LogP) is 2.09. The first-order chi connectivity index (χ1) is 20.9. The first-order valence-corrected chi connectivity index (χ1v) is 17.6. The Hall–Kier alpha value is -0.400. The van der Waals surface area contributed by atoms with Crippen molar-refractivity contribution in [1.29, 1.82) is 0 Å². The Labute approximate surface area is 266 Å². The zero-order valence-corrected chi connectivity index (χ0v) is 28.0. The molecule has 18 atom stereocenters. The van der Waals surface area contributed by atoms with Crippen molar-refractivity contribution in [3.8, 4) is 0 Å². The van der Waals surface area contributed by atoms with Gasteiger partial charge in [0.1, 0.15) is 30.5 Å². The third kappa shape index (κ3) is 3.46. The summed E-state index contributed by atoms with van der Waals surface area (Å²) in [6, 6.07) is 0. The lowest BCUT2D eigenvalue weighted by Gasteiger charge is -2.64. The summed E-state index contributed by atoms with van der Waals surface area (Å²) in [6.45, 7) is 14.2. The van der Waals surface area contributed by atoms with Gasteiger partial charge in [-0.1, -0.05) is 34.6 Å². The molecule has 256 valence electrons. The van der Waals surface area contributed by atoms with Crippen LogP contribution in [0.15, 0.2) is 0 Å². The van der Waals surface area contributed by atoms with Gasteiger partial charge in [-0.15, -0.1) is 0 Å². The van der Waals surface area contributed by atoms with Gasteiger partial charge >= 0.3 is 0 Å². The van der Waals surface area contributed by atoms with Gasteiger partial charge in [-0.2, -0.15) is 0 Å². The topological polar surface area (TPSA) is 158 Å². The van der Waals surface area contributed by atoms with Crippen LogP contribution in [0.3, 0.4) is 0 Å². The largest absolute Gasteiger partial charge is 0.394 e. The summed E-state index contributed by atoms with van der Waals surface area (Å²) in [6.07, 6.45) is -0.889. The molecule has 3 heterocycles. The van der Waals surface area contributed by atoms with E-state index in [0.29, 0.717) is 12.3 Å². The summed E-state index contributed by atoms with van der Waals surface area (Å²) >= 11 is 0. The van der Waals surface area contributed by atoms with Gasteiger partial charge in [0.05, 0.1) is 30.5 Å². The maximum absolute atomic E-state index is 12.7. The normalized spacial score (nSPS) is 62.5. The molecule has 10 heteroatoms. The third-order valence-electron chi connectivity index (χ3n) is 16.0. The average Bonchev–Trinajstić information content (AvgIpc) is 3.31. The first kappa shape index (κ1) is 31.8. The highest BCUT2D eigenvalue weighted by atomic mass is 16.8. The monoisotopic (exact) mass is 636 g/mol. The molecule has 3 spiro atoms. The Morgan fingerprint density at radius 1 is 0.889 bits per heavy atom. The van der Waals surface area contributed by atoms with Crippen LogP contribution in [-0.2, 0) is 18.9 Å². The summed E-state index contributed by atoms with van der Waals surface area (Å²) in [5.41, 5.74) is -2.77. The van der Waals surface area contributed by atoms with E-state index in [4.69, 9.17) is 18.9 Å². The van der Waals surface area contributed by atoms with Crippen LogP contribution in [0.4, 0.5) is 0 Å². The molecule has 5 aliphatic carbocycles. The molecule has 8 aliphatic rings. The van der Waals surface area contributed by atoms with Crippen molar-refractivity contribution in [3.05, 3.63) is 0 Å². The van der Waals surface area contributed by atoms with Gasteiger partial charge in [-0.25, -0.2) is 0 Å². The van der Waals surface area contributed by atoms with Crippen molar-refractivity contribution < 1.29 is 49.6 Å². The van der Waals surface area contributed by atoms with Crippen molar-refractivity contribution in [3.63, 3.8) is 0 Å². The number of aliphatic hydroxyl groups excluding tert-OH is 5. The number of fused-ring (bicyclic) bond motifs is 4. The molecule has 0 aromatic carbocycles. The third-order valence-corrected chi connectivity index (χ3v) is 16.0. The van der Waals surface area contributed by atoms with Crippen molar-refractivity contribution in [2.45, 2.75) is 160 Å². The van der Waals surface area contributed by atoms with Gasteiger partial charge in [0.25, 0.3) is 0 Å². The quantitative estimate of drug-likeness (QED) is 0.270. The van der Waals surface area contributed by atoms with E-state index in [-0.39, 0.29) is 52.8 Å². The zero-order valence-electron chi connectivity index (χ0n) is 28.0. The Bertz CT molecular complexity index is 1240. The number of rotatable bonds is 4. The fourth-order valence-corrected chi connectivity index (χ4v) is 14.1. The second-order valence-electron chi connectivity index (χ2n) is 18.3. The fraction of sp³-hybridized carbons (Fsp3) is 1.00. The van der Waals surface area contributed by atoms with Crippen molar-refractivity contribution in [2.24, 2.45) is 50.7 Å². The average molecular weight is 637 g/mol. The molecule has 45 heavy (non-hydrogen) atoms. The van der Waals surface area contributed by atoms with Crippen LogP contribution in [0.5, 0.6) is 0 Å². The van der Waals surface area contributed by atoms with Gasteiger partial charge in [0.2, 0.25) is 0 Å². The minimum atomic E-state index is -1.26. The lowest BCUT2D eigenvalue weighted by atomic mass is 9.40. The molecule has 8 fully saturated rings. The smallest absolute Gasteiger partial charge is 0.199 e. The molecule has 0 aromatic heterocycles. The molecule has 18 unspecified atom stereocenters. The molecular formula is C35H56O10. The lowest BCUT2D eigenvalue weighted by molar-refractivity contribution is -0.283. The molecular weight excluding hydrogens is 580 g/mol. The van der Waals surface area contributed by atoms with E-state index < -0.39 is 65.1 Å². The number of hydrogen-bond donors (Lipinski definition) is 6. The molecule has 0 aromatic rings. The highest BCUT2D eigenvalue weighted by Gasteiger charge is 2.89. The second-order valence-corrected chi connectivity index (χ2v) is 18.3. The maximum Gasteiger partial charge on any atom is 0.199 e. The SMILES string of the molecule is CC1CC2OC3(OC2C(C)(C)O)C(O)C2(C)C4CCC5C(C)(C)C(OC6OC(CO)C(O)C6O)CCC56CC46CC(O)C2(C)C13. The van der Waals surface area contributed by atoms with Crippen LogP contribution in [0.1, 0.15) is 93.4 Å². The van der Waals surface area contributed by atoms with E-state index in [9.17, 15) is 30.6 Å². The van der Waals surface area contributed by atoms with E-state index in [0.717, 1.165) is 38.5 Å². The molecule has 0 radical (unpaired) electrons. The van der Waals surface area contributed by atoms with Crippen molar-refractivity contribution in [2.75, 3.05) is 6.61 Å². The second kappa shape index (κ2) is 9.23. The number of hydrogen-bond acceptors (Lipinski definition) is 10. The van der Waals surface area contributed by atoms with Crippen LogP contribution in [0.25, 0.3) is 0 Å². The van der Waals surface area contributed by atoms with Gasteiger partial charge in [-0.3, -0.25) is 0 Å².